The summed E-state index contributed by atoms with van der Waals surface area (Å²) in [6, 6.07) is 0. The van der Waals surface area contributed by atoms with Crippen molar-refractivity contribution in [1.82, 2.24) is 0 Å². The molecule has 172 valence electrons. The van der Waals surface area contributed by atoms with Gasteiger partial charge in [-0.25, -0.2) is 0 Å². The average Bonchev–Trinajstić information content (AvgIpc) is 3.02. The zero-order valence-corrected chi connectivity index (χ0v) is 21.2. The van der Waals surface area contributed by atoms with Crippen LogP contribution in [0.2, 0.25) is 0 Å². The van der Waals surface area contributed by atoms with E-state index in [4.69, 9.17) is 4.74 Å². The first kappa shape index (κ1) is 25.1. The van der Waals surface area contributed by atoms with Crippen molar-refractivity contribution in [1.29, 1.82) is 0 Å². The summed E-state index contributed by atoms with van der Waals surface area (Å²) in [5, 5.41) is 10.4. The zero-order chi connectivity index (χ0) is 22.5. The molecule has 2 heteroatoms. The molecule has 3 atom stereocenters. The Kier molecular flexibility index (Phi) is 9.13. The van der Waals surface area contributed by atoms with Gasteiger partial charge >= 0.3 is 0 Å². The fraction of sp³-hybridized carbons (Fsp3) is 0.786. The molecular weight excluding hydrogens is 368 g/mol. The lowest BCUT2D eigenvalue weighted by Gasteiger charge is -2.25. The molecule has 0 spiro atoms. The minimum atomic E-state index is -0.122. The van der Waals surface area contributed by atoms with Crippen molar-refractivity contribution in [2.75, 3.05) is 0 Å². The maximum atomic E-state index is 10.4. The molecule has 0 saturated carbocycles. The van der Waals surface area contributed by atoms with Gasteiger partial charge in [0.2, 0.25) is 0 Å². The number of rotatable bonds is 12. The normalized spacial score (nSPS) is 20.3. The van der Waals surface area contributed by atoms with E-state index in [1.165, 1.54) is 56.9 Å². The number of aromatic hydroxyl groups is 1. The maximum absolute atomic E-state index is 10.4. The second-order valence-corrected chi connectivity index (χ2v) is 11.1. The lowest BCUT2D eigenvalue weighted by molar-refractivity contribution is 0.0997. The van der Waals surface area contributed by atoms with E-state index in [0.717, 1.165) is 53.0 Å². The van der Waals surface area contributed by atoms with Crippen LogP contribution >= 0.6 is 0 Å². The van der Waals surface area contributed by atoms with Gasteiger partial charge < -0.3 is 9.84 Å². The van der Waals surface area contributed by atoms with Crippen LogP contribution in [0.25, 0.3) is 0 Å². The molecule has 0 unspecified atom stereocenters. The van der Waals surface area contributed by atoms with E-state index in [9.17, 15) is 5.11 Å². The Morgan fingerprint density at radius 2 is 1.33 bits per heavy atom. The lowest BCUT2D eigenvalue weighted by Crippen LogP contribution is -2.30. The van der Waals surface area contributed by atoms with E-state index in [-0.39, 0.29) is 5.60 Å². The number of fused-ring (bicyclic) bond motifs is 1. The van der Waals surface area contributed by atoms with Gasteiger partial charge in [-0.3, -0.25) is 0 Å². The molecule has 0 radical (unpaired) electrons. The minimum Gasteiger partial charge on any atom is -0.507 e. The van der Waals surface area contributed by atoms with Crippen LogP contribution in [0.3, 0.4) is 0 Å². The first-order valence-electron chi connectivity index (χ1n) is 12.5. The van der Waals surface area contributed by atoms with Crippen molar-refractivity contribution in [3.63, 3.8) is 0 Å². The topological polar surface area (TPSA) is 29.5 Å². The van der Waals surface area contributed by atoms with Crippen LogP contribution in [0.1, 0.15) is 115 Å². The molecule has 0 amide bonds. The number of hydrogen-bond donors (Lipinski definition) is 1. The molecule has 0 bridgehead atoms. The summed E-state index contributed by atoms with van der Waals surface area (Å²) >= 11 is 0. The van der Waals surface area contributed by atoms with Crippen LogP contribution in [0.15, 0.2) is 0 Å². The molecule has 2 nitrogen and oxygen atoms in total. The molecule has 0 aromatic heterocycles. The van der Waals surface area contributed by atoms with E-state index in [1.807, 2.05) is 13.8 Å². The summed E-state index contributed by atoms with van der Waals surface area (Å²) in [7, 11) is 0. The Bertz CT molecular complexity index is 652. The van der Waals surface area contributed by atoms with Crippen LogP contribution in [-0.4, -0.2) is 10.7 Å². The summed E-state index contributed by atoms with van der Waals surface area (Å²) in [5.74, 6) is 4.01. The predicted octanol–water partition coefficient (Wildman–Crippen LogP) is 8.45. The number of benzene rings is 1. The average molecular weight is 417 g/mol. The molecule has 30 heavy (non-hydrogen) atoms. The zero-order valence-electron chi connectivity index (χ0n) is 21.2. The molecule has 0 aliphatic carbocycles. The fourth-order valence-corrected chi connectivity index (χ4v) is 5.12. The van der Waals surface area contributed by atoms with Gasteiger partial charge in [-0.2, -0.15) is 0 Å². The number of phenols is 1. The first-order valence-corrected chi connectivity index (χ1v) is 12.5. The SMILES string of the molecule is Cc1c(C)c2c(c(C)c1O)C[C@@](C)(CCC[C@H](C)CCC[C@@H](C)CCCC(C)C)O2. The number of hydrogen-bond acceptors (Lipinski definition) is 2. The van der Waals surface area contributed by atoms with Gasteiger partial charge in [0, 0.05) is 12.0 Å². The molecule has 1 aliphatic heterocycles. The molecule has 0 fully saturated rings. The van der Waals surface area contributed by atoms with E-state index >= 15 is 0 Å². The summed E-state index contributed by atoms with van der Waals surface area (Å²) < 4.78 is 6.48. The van der Waals surface area contributed by atoms with Gasteiger partial charge in [-0.15, -0.1) is 0 Å². The van der Waals surface area contributed by atoms with Gasteiger partial charge in [0.15, 0.2) is 0 Å². The Hall–Kier alpha value is -1.18. The van der Waals surface area contributed by atoms with Crippen LogP contribution in [0.5, 0.6) is 11.5 Å². The molecule has 1 aliphatic rings. The molecule has 1 heterocycles. The smallest absolute Gasteiger partial charge is 0.127 e. The van der Waals surface area contributed by atoms with Gasteiger partial charge in [-0.1, -0.05) is 72.6 Å². The lowest BCUT2D eigenvalue weighted by atomic mass is 9.87. The van der Waals surface area contributed by atoms with E-state index in [0.29, 0.717) is 5.75 Å². The third-order valence-corrected chi connectivity index (χ3v) is 7.51. The highest BCUT2D eigenvalue weighted by atomic mass is 16.5. The first-order chi connectivity index (χ1) is 14.0. The van der Waals surface area contributed by atoms with Crippen LogP contribution in [0.4, 0.5) is 0 Å². The summed E-state index contributed by atoms with van der Waals surface area (Å²) in [5.41, 5.74) is 4.17. The summed E-state index contributed by atoms with van der Waals surface area (Å²) in [6.45, 7) is 17.9. The standard InChI is InChI=1S/C28H48O2/c1-19(2)12-9-13-20(3)14-10-15-21(4)16-11-17-28(8)18-25-24(7)26(29)22(5)23(6)27(25)30-28/h19-21,29H,9-18H2,1-8H3/t20-,21+,28+/m0/s1. The summed E-state index contributed by atoms with van der Waals surface area (Å²) in [4.78, 5) is 0. The van der Waals surface area contributed by atoms with Crippen molar-refractivity contribution in [3.05, 3.63) is 22.3 Å². The predicted molar refractivity (Wildman–Crippen MR) is 130 cm³/mol. The van der Waals surface area contributed by atoms with Gasteiger partial charge in [-0.05, 0) is 75.0 Å². The second kappa shape index (κ2) is 10.9. The quantitative estimate of drug-likeness (QED) is 0.370. The highest BCUT2D eigenvalue weighted by molar-refractivity contribution is 5.59. The Morgan fingerprint density at radius 1 is 0.800 bits per heavy atom. The van der Waals surface area contributed by atoms with Crippen LogP contribution in [0, 0.1) is 38.5 Å². The highest BCUT2D eigenvalue weighted by Crippen LogP contribution is 2.46. The van der Waals surface area contributed by atoms with Gasteiger partial charge in [0.25, 0.3) is 0 Å². The molecule has 2 rings (SSSR count). The van der Waals surface area contributed by atoms with Gasteiger partial charge in [0.1, 0.15) is 17.1 Å². The van der Waals surface area contributed by atoms with E-state index < -0.39 is 0 Å². The van der Waals surface area contributed by atoms with Crippen molar-refractivity contribution >= 4 is 0 Å². The Labute approximate surface area is 186 Å². The van der Waals surface area contributed by atoms with E-state index in [1.54, 1.807) is 0 Å². The minimum absolute atomic E-state index is 0.122. The molecule has 1 aromatic carbocycles. The number of ether oxygens (including phenoxy) is 1. The maximum Gasteiger partial charge on any atom is 0.127 e. The molecule has 0 saturated heterocycles. The van der Waals surface area contributed by atoms with Crippen molar-refractivity contribution in [3.8, 4) is 11.5 Å². The fourth-order valence-electron chi connectivity index (χ4n) is 5.12. The van der Waals surface area contributed by atoms with Crippen molar-refractivity contribution in [2.45, 2.75) is 125 Å². The monoisotopic (exact) mass is 416 g/mol. The largest absolute Gasteiger partial charge is 0.507 e. The number of phenolic OH excluding ortho intramolecular Hbond substituents is 1. The van der Waals surface area contributed by atoms with Crippen molar-refractivity contribution < 1.29 is 9.84 Å². The van der Waals surface area contributed by atoms with Crippen LogP contribution in [-0.2, 0) is 6.42 Å². The van der Waals surface area contributed by atoms with Crippen LogP contribution < -0.4 is 4.74 Å². The van der Waals surface area contributed by atoms with E-state index in [2.05, 4.69) is 41.5 Å². The third kappa shape index (κ3) is 6.66. The molecule has 1 aromatic rings. The Morgan fingerprint density at radius 3 is 1.90 bits per heavy atom. The highest BCUT2D eigenvalue weighted by Gasteiger charge is 2.37. The molecular formula is C28H48O2. The van der Waals surface area contributed by atoms with Crippen molar-refractivity contribution in [2.24, 2.45) is 17.8 Å². The second-order valence-electron chi connectivity index (χ2n) is 11.1. The summed E-state index contributed by atoms with van der Waals surface area (Å²) in [6.07, 6.45) is 12.8. The molecule has 1 N–H and O–H groups in total. The third-order valence-electron chi connectivity index (χ3n) is 7.51. The van der Waals surface area contributed by atoms with Gasteiger partial charge in [0.05, 0.1) is 0 Å². The Balaban J connectivity index is 1.71.